The topological polar surface area (TPSA) is 73.9 Å². The number of carbonyl (C=O) groups is 2. The molecule has 1 fully saturated rings. The molecule has 1 saturated heterocycles. The van der Waals surface area contributed by atoms with Crippen LogP contribution in [0.4, 0.5) is 11.4 Å². The van der Waals surface area contributed by atoms with Crippen molar-refractivity contribution in [3.05, 3.63) is 87.9 Å². The molecule has 0 unspecified atom stereocenters. The monoisotopic (exact) mass is 580 g/mol. The smallest absolute Gasteiger partial charge is 0.257 e. The van der Waals surface area contributed by atoms with Crippen LogP contribution in [0, 0.1) is 6.92 Å². The highest BCUT2D eigenvalue weighted by molar-refractivity contribution is 9.10. The largest absolute Gasteiger partial charge is 0.493 e. The van der Waals surface area contributed by atoms with Crippen molar-refractivity contribution < 1.29 is 14.3 Å². The molecule has 4 rings (SSSR count). The molecule has 3 aromatic rings. The zero-order chi connectivity index (χ0) is 26.4. The van der Waals surface area contributed by atoms with E-state index in [9.17, 15) is 9.59 Å². The van der Waals surface area contributed by atoms with E-state index in [0.29, 0.717) is 35.5 Å². The number of benzene rings is 3. The molecule has 0 aliphatic carbocycles. The first-order chi connectivity index (χ1) is 17.8. The second-order valence-electron chi connectivity index (χ2n) is 8.68. The molecule has 7 nitrogen and oxygen atoms in total. The standard InChI is InChI=1S/C28H29BrN4O3S/c1-3-36-25-13-8-21(18-24(25)29)26(34)31-28(37)30-22-9-11-23(12-10-22)32-14-16-33(17-15-32)27(35)20-6-4-19(2)5-7-20/h4-13,18H,3,14-17H2,1-2H3,(H2,30,31,34,37). The predicted octanol–water partition coefficient (Wildman–Crippen LogP) is 5.25. The number of anilines is 2. The van der Waals surface area contributed by atoms with E-state index >= 15 is 0 Å². The fourth-order valence-corrected chi connectivity index (χ4v) is 4.76. The number of ether oxygens (including phenoxy) is 1. The van der Waals surface area contributed by atoms with E-state index in [1.807, 2.05) is 67.3 Å². The van der Waals surface area contributed by atoms with Crippen LogP contribution in [0.2, 0.25) is 0 Å². The first-order valence-corrected chi connectivity index (χ1v) is 13.3. The number of nitrogens with zero attached hydrogens (tertiary/aromatic N) is 2. The number of halogens is 1. The van der Waals surface area contributed by atoms with Crippen molar-refractivity contribution in [1.29, 1.82) is 0 Å². The SMILES string of the molecule is CCOc1ccc(C(=O)NC(=S)Nc2ccc(N3CCN(C(=O)c4ccc(C)cc4)CC3)cc2)cc1Br. The number of nitrogens with one attached hydrogen (secondary N) is 2. The third-order valence-electron chi connectivity index (χ3n) is 6.08. The van der Waals surface area contributed by atoms with Crippen LogP contribution in [0.5, 0.6) is 5.75 Å². The van der Waals surface area contributed by atoms with Gasteiger partial charge in [-0.05, 0) is 96.6 Å². The molecule has 3 aromatic carbocycles. The molecule has 37 heavy (non-hydrogen) atoms. The highest BCUT2D eigenvalue weighted by Gasteiger charge is 2.22. The van der Waals surface area contributed by atoms with Crippen LogP contribution in [0.15, 0.2) is 71.2 Å². The summed E-state index contributed by atoms with van der Waals surface area (Å²) >= 11 is 8.75. The average Bonchev–Trinajstić information content (AvgIpc) is 2.90. The van der Waals surface area contributed by atoms with Crippen molar-refractivity contribution >= 4 is 56.4 Å². The van der Waals surface area contributed by atoms with E-state index in [1.165, 1.54) is 0 Å². The lowest BCUT2D eigenvalue weighted by atomic mass is 10.1. The Labute approximate surface area is 230 Å². The third kappa shape index (κ3) is 6.87. The van der Waals surface area contributed by atoms with E-state index in [1.54, 1.807) is 18.2 Å². The Morgan fingerprint density at radius 3 is 2.22 bits per heavy atom. The van der Waals surface area contributed by atoms with Crippen molar-refractivity contribution in [3.8, 4) is 5.75 Å². The minimum Gasteiger partial charge on any atom is -0.493 e. The van der Waals surface area contributed by atoms with E-state index in [0.717, 1.165) is 35.6 Å². The molecule has 0 aromatic heterocycles. The van der Waals surface area contributed by atoms with Gasteiger partial charge in [0.15, 0.2) is 5.11 Å². The maximum atomic E-state index is 12.8. The number of amides is 2. The van der Waals surface area contributed by atoms with Gasteiger partial charge < -0.3 is 19.9 Å². The molecular weight excluding hydrogens is 552 g/mol. The third-order valence-corrected chi connectivity index (χ3v) is 6.90. The Hall–Kier alpha value is -3.43. The normalized spacial score (nSPS) is 13.2. The molecule has 2 amide bonds. The lowest BCUT2D eigenvalue weighted by Crippen LogP contribution is -2.48. The van der Waals surface area contributed by atoms with Gasteiger partial charge in [0, 0.05) is 48.7 Å². The van der Waals surface area contributed by atoms with Crippen LogP contribution < -0.4 is 20.3 Å². The molecule has 0 bridgehead atoms. The maximum Gasteiger partial charge on any atom is 0.257 e. The van der Waals surface area contributed by atoms with Gasteiger partial charge in [0.25, 0.3) is 11.8 Å². The number of thiocarbonyl (C=S) groups is 1. The Morgan fingerprint density at radius 2 is 1.59 bits per heavy atom. The second-order valence-corrected chi connectivity index (χ2v) is 9.94. The van der Waals surface area contributed by atoms with Crippen LogP contribution in [0.25, 0.3) is 0 Å². The first-order valence-electron chi connectivity index (χ1n) is 12.1. The van der Waals surface area contributed by atoms with E-state index in [2.05, 4.69) is 31.5 Å². The molecular formula is C28H29BrN4O3S. The van der Waals surface area contributed by atoms with Gasteiger partial charge in [-0.25, -0.2) is 0 Å². The van der Waals surface area contributed by atoms with Crippen molar-refractivity contribution in [3.63, 3.8) is 0 Å². The van der Waals surface area contributed by atoms with Gasteiger partial charge in [-0.1, -0.05) is 17.7 Å². The molecule has 9 heteroatoms. The summed E-state index contributed by atoms with van der Waals surface area (Å²) in [5.74, 6) is 0.447. The summed E-state index contributed by atoms with van der Waals surface area (Å²) in [4.78, 5) is 29.5. The van der Waals surface area contributed by atoms with Gasteiger partial charge in [-0.3, -0.25) is 14.9 Å². The van der Waals surface area contributed by atoms with Gasteiger partial charge in [0.05, 0.1) is 11.1 Å². The highest BCUT2D eigenvalue weighted by atomic mass is 79.9. The van der Waals surface area contributed by atoms with Gasteiger partial charge in [-0.15, -0.1) is 0 Å². The molecule has 0 atom stereocenters. The van der Waals surface area contributed by atoms with Crippen molar-refractivity contribution in [1.82, 2.24) is 10.2 Å². The van der Waals surface area contributed by atoms with Gasteiger partial charge >= 0.3 is 0 Å². The summed E-state index contributed by atoms with van der Waals surface area (Å²) in [6.07, 6.45) is 0. The maximum absolute atomic E-state index is 12.8. The summed E-state index contributed by atoms with van der Waals surface area (Å²) < 4.78 is 6.19. The number of carbonyl (C=O) groups excluding carboxylic acids is 2. The molecule has 1 aliphatic heterocycles. The number of piperazine rings is 1. The van der Waals surface area contributed by atoms with Crippen molar-refractivity contribution in [2.24, 2.45) is 0 Å². The van der Waals surface area contributed by atoms with E-state index in [-0.39, 0.29) is 16.9 Å². The summed E-state index contributed by atoms with van der Waals surface area (Å²) in [7, 11) is 0. The van der Waals surface area contributed by atoms with Crippen LogP contribution in [0.3, 0.4) is 0 Å². The number of hydrogen-bond donors (Lipinski definition) is 2. The summed E-state index contributed by atoms with van der Waals surface area (Å²) in [5, 5.41) is 5.97. The predicted molar refractivity (Wildman–Crippen MR) is 155 cm³/mol. The zero-order valence-electron chi connectivity index (χ0n) is 20.8. The Balaban J connectivity index is 1.27. The lowest BCUT2D eigenvalue weighted by Gasteiger charge is -2.36. The minimum absolute atomic E-state index is 0.0763. The van der Waals surface area contributed by atoms with Crippen LogP contribution in [0.1, 0.15) is 33.2 Å². The lowest BCUT2D eigenvalue weighted by molar-refractivity contribution is 0.0746. The van der Waals surface area contributed by atoms with Crippen molar-refractivity contribution in [2.75, 3.05) is 43.0 Å². The fourth-order valence-electron chi connectivity index (χ4n) is 4.05. The average molecular weight is 582 g/mol. The Bertz CT molecular complexity index is 1270. The number of rotatable bonds is 6. The number of hydrogen-bond acceptors (Lipinski definition) is 5. The first kappa shape index (κ1) is 26.6. The second kappa shape index (κ2) is 12.2. The van der Waals surface area contributed by atoms with Crippen molar-refractivity contribution in [2.45, 2.75) is 13.8 Å². The highest BCUT2D eigenvalue weighted by Crippen LogP contribution is 2.26. The quantitative estimate of drug-likeness (QED) is 0.388. The molecule has 1 heterocycles. The van der Waals surface area contributed by atoms with Gasteiger partial charge in [-0.2, -0.15) is 0 Å². The molecule has 0 saturated carbocycles. The zero-order valence-corrected chi connectivity index (χ0v) is 23.2. The summed E-state index contributed by atoms with van der Waals surface area (Å²) in [5.41, 5.74) is 4.18. The van der Waals surface area contributed by atoms with Gasteiger partial charge in [0.2, 0.25) is 0 Å². The summed E-state index contributed by atoms with van der Waals surface area (Å²) in [6.45, 7) is 7.32. The Morgan fingerprint density at radius 1 is 0.946 bits per heavy atom. The number of aryl methyl sites for hydroxylation is 1. The van der Waals surface area contributed by atoms with E-state index < -0.39 is 0 Å². The van der Waals surface area contributed by atoms with Crippen LogP contribution in [-0.2, 0) is 0 Å². The fraction of sp³-hybridized carbons (Fsp3) is 0.250. The molecule has 192 valence electrons. The van der Waals surface area contributed by atoms with Crippen LogP contribution in [-0.4, -0.2) is 54.6 Å². The molecule has 1 aliphatic rings. The van der Waals surface area contributed by atoms with Gasteiger partial charge in [0.1, 0.15) is 5.75 Å². The van der Waals surface area contributed by atoms with Crippen LogP contribution >= 0.6 is 28.1 Å². The Kier molecular flexibility index (Phi) is 8.78. The minimum atomic E-state index is -0.309. The summed E-state index contributed by atoms with van der Waals surface area (Å²) in [6, 6.07) is 20.7. The molecule has 0 radical (unpaired) electrons. The van der Waals surface area contributed by atoms with E-state index in [4.69, 9.17) is 17.0 Å². The molecule has 2 N–H and O–H groups in total. The molecule has 0 spiro atoms.